The second kappa shape index (κ2) is 7.51. The molecular formula is C14H19N5O2. The number of nitrogens with two attached hydrogens (primary N) is 1. The lowest BCUT2D eigenvalue weighted by Crippen LogP contribution is -2.24. The quantitative estimate of drug-likeness (QED) is 0.525. The Morgan fingerprint density at radius 3 is 2.71 bits per heavy atom. The van der Waals surface area contributed by atoms with Gasteiger partial charge in [-0.2, -0.15) is 15.0 Å². The lowest BCUT2D eigenvalue weighted by atomic mass is 10.2. The van der Waals surface area contributed by atoms with Crippen molar-refractivity contribution >= 4 is 11.9 Å². The van der Waals surface area contributed by atoms with Crippen molar-refractivity contribution in [2.24, 2.45) is 0 Å². The van der Waals surface area contributed by atoms with Gasteiger partial charge in [0.2, 0.25) is 18.3 Å². The Morgan fingerprint density at radius 2 is 2.00 bits per heavy atom. The van der Waals surface area contributed by atoms with E-state index in [-0.39, 0.29) is 11.9 Å². The molecule has 0 radical (unpaired) electrons. The molecule has 1 heterocycles. The number of rotatable bonds is 7. The van der Waals surface area contributed by atoms with Crippen molar-refractivity contribution in [2.75, 3.05) is 17.7 Å². The highest BCUT2D eigenvalue weighted by Gasteiger charge is 2.10. The van der Waals surface area contributed by atoms with E-state index in [0.29, 0.717) is 12.4 Å². The molecule has 1 atom stereocenters. The van der Waals surface area contributed by atoms with E-state index < -0.39 is 6.41 Å². The summed E-state index contributed by atoms with van der Waals surface area (Å²) < 4.78 is 5.17. The van der Waals surface area contributed by atoms with Crippen LogP contribution in [0, 0.1) is 0 Å². The highest BCUT2D eigenvalue weighted by Crippen LogP contribution is 2.16. The van der Waals surface area contributed by atoms with Gasteiger partial charge in [0.15, 0.2) is 5.82 Å². The van der Waals surface area contributed by atoms with Gasteiger partial charge in [-0.1, -0.05) is 43.7 Å². The summed E-state index contributed by atoms with van der Waals surface area (Å²) in [7, 11) is 0. The molecule has 1 aromatic heterocycles. The fraction of sp³-hybridized carbons (Fsp3) is 0.357. The maximum absolute atomic E-state index is 9.71. The number of anilines is 2. The number of unbranched alkanes of at least 4 members (excludes halogenated alkanes) is 1. The van der Waals surface area contributed by atoms with Crippen LogP contribution in [-0.4, -0.2) is 33.1 Å². The maximum atomic E-state index is 9.71. The third-order valence-electron chi connectivity index (χ3n) is 2.71. The molecule has 0 saturated carbocycles. The molecule has 2 rings (SSSR count). The number of nitrogens with zero attached hydrogens (tertiary/aromatic N) is 3. The van der Waals surface area contributed by atoms with Crippen molar-refractivity contribution < 1.29 is 9.84 Å². The summed E-state index contributed by atoms with van der Waals surface area (Å²) in [6.07, 6.45) is 0.679. The molecule has 2 aromatic rings. The molecule has 0 aliphatic rings. The van der Waals surface area contributed by atoms with E-state index in [0.717, 1.165) is 18.4 Å². The van der Waals surface area contributed by atoms with Crippen LogP contribution >= 0.6 is 0 Å². The zero-order valence-electron chi connectivity index (χ0n) is 11.9. The van der Waals surface area contributed by atoms with Crippen molar-refractivity contribution in [3.05, 3.63) is 30.3 Å². The van der Waals surface area contributed by atoms with Gasteiger partial charge in [0.25, 0.3) is 0 Å². The molecule has 0 fully saturated rings. The Balaban J connectivity index is 2.09. The van der Waals surface area contributed by atoms with Crippen LogP contribution < -0.4 is 11.1 Å². The van der Waals surface area contributed by atoms with E-state index in [1.807, 2.05) is 37.3 Å². The van der Waals surface area contributed by atoms with E-state index >= 15 is 0 Å². The van der Waals surface area contributed by atoms with Crippen molar-refractivity contribution in [2.45, 2.75) is 26.2 Å². The van der Waals surface area contributed by atoms with Crippen LogP contribution in [0.1, 0.15) is 19.8 Å². The number of hydrogen-bond acceptors (Lipinski definition) is 7. The van der Waals surface area contributed by atoms with Gasteiger partial charge in [-0.3, -0.25) is 0 Å². The van der Waals surface area contributed by atoms with Crippen molar-refractivity contribution in [3.8, 4) is 11.4 Å². The number of aromatic nitrogens is 3. The molecule has 0 aliphatic carbocycles. The van der Waals surface area contributed by atoms with Crippen molar-refractivity contribution in [1.82, 2.24) is 15.0 Å². The molecule has 1 aromatic carbocycles. The minimum Gasteiger partial charge on any atom is -0.368 e. The van der Waals surface area contributed by atoms with Crippen LogP contribution in [0.15, 0.2) is 30.3 Å². The van der Waals surface area contributed by atoms with Gasteiger partial charge in [0.1, 0.15) is 0 Å². The molecule has 4 N–H and O–H groups in total. The van der Waals surface area contributed by atoms with E-state index in [1.165, 1.54) is 0 Å². The number of aliphatic hydroxyl groups is 1. The average molecular weight is 289 g/mol. The monoisotopic (exact) mass is 289 g/mol. The summed E-state index contributed by atoms with van der Waals surface area (Å²) in [5.41, 5.74) is 6.49. The summed E-state index contributed by atoms with van der Waals surface area (Å²) >= 11 is 0. The predicted molar refractivity (Wildman–Crippen MR) is 80.2 cm³/mol. The van der Waals surface area contributed by atoms with Crippen LogP contribution in [0.4, 0.5) is 11.9 Å². The van der Waals surface area contributed by atoms with Gasteiger partial charge in [0, 0.05) is 5.56 Å². The second-order valence-corrected chi connectivity index (χ2v) is 4.43. The Morgan fingerprint density at radius 1 is 1.24 bits per heavy atom. The fourth-order valence-corrected chi connectivity index (χ4v) is 1.66. The zero-order chi connectivity index (χ0) is 15.1. The predicted octanol–water partition coefficient (Wildman–Crippen LogP) is 1.63. The number of aliphatic hydroxyl groups excluding tert-OH is 1. The van der Waals surface area contributed by atoms with Gasteiger partial charge < -0.3 is 20.9 Å². The van der Waals surface area contributed by atoms with Crippen LogP contribution in [0.2, 0.25) is 0 Å². The van der Waals surface area contributed by atoms with E-state index in [4.69, 9.17) is 10.5 Å². The highest BCUT2D eigenvalue weighted by molar-refractivity contribution is 5.57. The first-order valence-corrected chi connectivity index (χ1v) is 6.82. The van der Waals surface area contributed by atoms with Crippen LogP contribution in [0.3, 0.4) is 0 Å². The number of ether oxygens (including phenoxy) is 1. The largest absolute Gasteiger partial charge is 0.368 e. The normalized spacial score (nSPS) is 12.1. The number of nitrogens with one attached hydrogen (secondary N) is 1. The Kier molecular flexibility index (Phi) is 5.42. The van der Waals surface area contributed by atoms with Gasteiger partial charge in [-0.05, 0) is 6.42 Å². The van der Waals surface area contributed by atoms with Crippen LogP contribution in [0.25, 0.3) is 11.4 Å². The molecule has 0 amide bonds. The lowest BCUT2D eigenvalue weighted by molar-refractivity contribution is -0.0792. The molecule has 21 heavy (non-hydrogen) atoms. The van der Waals surface area contributed by atoms with Gasteiger partial charge in [-0.15, -0.1) is 0 Å². The van der Waals surface area contributed by atoms with Gasteiger partial charge >= 0.3 is 0 Å². The standard InChI is InChI=1S/C14H19N5O2/c1-2-3-9-21-14(20)19-13-17-11(16-12(15)18-13)10-7-5-4-6-8-10/h4-8,14,20H,2-3,9H2,1H3,(H3,15,16,17,18,19). The summed E-state index contributed by atoms with van der Waals surface area (Å²) in [6, 6.07) is 9.40. The molecule has 7 heteroatoms. The summed E-state index contributed by atoms with van der Waals surface area (Å²) in [5.74, 6) is 0.684. The SMILES string of the molecule is CCCCOC(O)Nc1nc(N)nc(-c2ccccc2)n1. The molecule has 0 aliphatic heterocycles. The summed E-state index contributed by atoms with van der Waals surface area (Å²) in [4.78, 5) is 12.2. The summed E-state index contributed by atoms with van der Waals surface area (Å²) in [6.45, 7) is 2.50. The molecule has 1 unspecified atom stereocenters. The molecule has 0 saturated heterocycles. The highest BCUT2D eigenvalue weighted by atomic mass is 16.6. The zero-order valence-corrected chi connectivity index (χ0v) is 11.9. The Hall–Kier alpha value is -2.25. The molecule has 0 spiro atoms. The number of nitrogen functional groups attached to an aromatic ring is 1. The van der Waals surface area contributed by atoms with E-state index in [2.05, 4.69) is 20.3 Å². The third kappa shape index (κ3) is 4.66. The fourth-order valence-electron chi connectivity index (χ4n) is 1.66. The first-order chi connectivity index (χ1) is 10.2. The number of hydrogen-bond donors (Lipinski definition) is 3. The van der Waals surface area contributed by atoms with E-state index in [9.17, 15) is 5.11 Å². The molecule has 7 nitrogen and oxygen atoms in total. The van der Waals surface area contributed by atoms with E-state index in [1.54, 1.807) is 0 Å². The Bertz CT molecular complexity index is 565. The molecular weight excluding hydrogens is 270 g/mol. The van der Waals surface area contributed by atoms with Crippen LogP contribution in [-0.2, 0) is 4.74 Å². The topological polar surface area (TPSA) is 106 Å². The Labute approximate surface area is 123 Å². The average Bonchev–Trinajstić information content (AvgIpc) is 2.48. The van der Waals surface area contributed by atoms with Gasteiger partial charge in [0.05, 0.1) is 6.61 Å². The van der Waals surface area contributed by atoms with Crippen molar-refractivity contribution in [3.63, 3.8) is 0 Å². The third-order valence-corrected chi connectivity index (χ3v) is 2.71. The second-order valence-electron chi connectivity index (χ2n) is 4.43. The number of benzene rings is 1. The minimum atomic E-state index is -1.18. The maximum Gasteiger partial charge on any atom is 0.237 e. The van der Waals surface area contributed by atoms with Crippen LogP contribution in [0.5, 0.6) is 0 Å². The molecule has 112 valence electrons. The van der Waals surface area contributed by atoms with Crippen molar-refractivity contribution in [1.29, 1.82) is 0 Å². The lowest BCUT2D eigenvalue weighted by Gasteiger charge is -2.13. The first kappa shape index (κ1) is 15.1. The smallest absolute Gasteiger partial charge is 0.237 e. The minimum absolute atomic E-state index is 0.0760. The van der Waals surface area contributed by atoms with Gasteiger partial charge in [-0.25, -0.2) is 0 Å². The first-order valence-electron chi connectivity index (χ1n) is 6.82. The summed E-state index contributed by atoms with van der Waals surface area (Å²) in [5, 5.41) is 12.3. The molecule has 0 bridgehead atoms.